The second-order valence-electron chi connectivity index (χ2n) is 7.43. The molecule has 1 fully saturated rings. The van der Waals surface area contributed by atoms with Gasteiger partial charge in [0.2, 0.25) is 0 Å². The van der Waals surface area contributed by atoms with Crippen molar-refractivity contribution in [1.82, 2.24) is 5.32 Å². The highest BCUT2D eigenvalue weighted by Gasteiger charge is 2.23. The molecular formula is C19H27NO5. The molecule has 1 aliphatic rings. The van der Waals surface area contributed by atoms with E-state index in [1.54, 1.807) is 18.2 Å². The smallest absolute Gasteiger partial charge is 0.407 e. The predicted octanol–water partition coefficient (Wildman–Crippen LogP) is 3.30. The summed E-state index contributed by atoms with van der Waals surface area (Å²) in [7, 11) is 0. The monoisotopic (exact) mass is 349 g/mol. The first-order chi connectivity index (χ1) is 11.7. The number of aryl methyl sites for hydroxylation is 1. The molecule has 1 aromatic rings. The zero-order valence-electron chi connectivity index (χ0n) is 15.1. The van der Waals surface area contributed by atoms with E-state index in [2.05, 4.69) is 5.32 Å². The van der Waals surface area contributed by atoms with Crippen LogP contribution in [-0.2, 0) is 27.2 Å². The Hall–Kier alpha value is -2.24. The summed E-state index contributed by atoms with van der Waals surface area (Å²) >= 11 is 0. The average molecular weight is 349 g/mol. The number of ether oxygens (including phenoxy) is 2. The van der Waals surface area contributed by atoms with Crippen LogP contribution in [0.2, 0.25) is 0 Å². The third-order valence-electron chi connectivity index (χ3n) is 3.78. The van der Waals surface area contributed by atoms with Gasteiger partial charge < -0.3 is 19.9 Å². The molecule has 0 radical (unpaired) electrons. The van der Waals surface area contributed by atoms with Crippen LogP contribution in [0, 0.1) is 5.92 Å². The van der Waals surface area contributed by atoms with Gasteiger partial charge >= 0.3 is 12.1 Å². The Balaban J connectivity index is 1.87. The van der Waals surface area contributed by atoms with Gasteiger partial charge in [0.1, 0.15) is 11.4 Å². The summed E-state index contributed by atoms with van der Waals surface area (Å²) in [5.41, 5.74) is 1.12. The van der Waals surface area contributed by atoms with Gasteiger partial charge in [-0.1, -0.05) is 6.07 Å². The zero-order chi connectivity index (χ0) is 18.4. The van der Waals surface area contributed by atoms with E-state index in [0.717, 1.165) is 24.0 Å². The molecule has 0 aromatic heterocycles. The van der Waals surface area contributed by atoms with Crippen molar-refractivity contribution < 1.29 is 24.2 Å². The molecule has 25 heavy (non-hydrogen) atoms. The number of hydrogen-bond donors (Lipinski definition) is 2. The number of benzene rings is 1. The number of esters is 1. The largest absolute Gasteiger partial charge is 0.508 e. The lowest BCUT2D eigenvalue weighted by Gasteiger charge is -2.19. The third kappa shape index (κ3) is 7.45. The maximum atomic E-state index is 11.9. The van der Waals surface area contributed by atoms with Crippen LogP contribution in [0.15, 0.2) is 18.2 Å². The Morgan fingerprint density at radius 3 is 2.60 bits per heavy atom. The molecule has 0 spiro atoms. The molecule has 6 nitrogen and oxygen atoms in total. The van der Waals surface area contributed by atoms with E-state index in [1.165, 1.54) is 0 Å². The highest BCUT2D eigenvalue weighted by atomic mass is 16.6. The van der Waals surface area contributed by atoms with Crippen LogP contribution in [-0.4, -0.2) is 29.4 Å². The Bertz CT molecular complexity index is 617. The Morgan fingerprint density at radius 2 is 1.96 bits per heavy atom. The minimum atomic E-state index is -0.512. The van der Waals surface area contributed by atoms with Crippen molar-refractivity contribution in [1.29, 1.82) is 0 Å². The van der Waals surface area contributed by atoms with Gasteiger partial charge in [0, 0.05) is 13.0 Å². The lowest BCUT2D eigenvalue weighted by molar-refractivity contribution is -0.154. The van der Waals surface area contributed by atoms with Crippen molar-refractivity contribution >= 4 is 12.1 Å². The van der Waals surface area contributed by atoms with E-state index in [4.69, 9.17) is 9.47 Å². The summed E-state index contributed by atoms with van der Waals surface area (Å²) in [5.74, 6) is 0.350. The highest BCUT2D eigenvalue weighted by Crippen LogP contribution is 2.28. The Kier molecular flexibility index (Phi) is 6.28. The van der Waals surface area contributed by atoms with Gasteiger partial charge in [-0.05, 0) is 69.2 Å². The summed E-state index contributed by atoms with van der Waals surface area (Å²) < 4.78 is 10.4. The maximum absolute atomic E-state index is 11.9. The number of amides is 1. The van der Waals surface area contributed by atoms with Crippen LogP contribution in [0.4, 0.5) is 4.79 Å². The number of nitrogens with one attached hydrogen (secondary N) is 1. The molecular weight excluding hydrogens is 322 g/mol. The predicted molar refractivity (Wildman–Crippen MR) is 93.2 cm³/mol. The van der Waals surface area contributed by atoms with E-state index >= 15 is 0 Å². The van der Waals surface area contributed by atoms with Gasteiger partial charge in [0.05, 0.1) is 6.61 Å². The summed E-state index contributed by atoms with van der Waals surface area (Å²) in [5, 5.41) is 12.4. The molecule has 2 N–H and O–H groups in total. The maximum Gasteiger partial charge on any atom is 0.407 e. The number of aromatic hydroxyl groups is 1. The molecule has 138 valence electrons. The SMILES string of the molecule is CC(C)(C)OC(=O)CCc1ccc(O)cc1CNC(=O)OCC1CC1. The minimum Gasteiger partial charge on any atom is -0.508 e. The van der Waals surface area contributed by atoms with Gasteiger partial charge in [-0.25, -0.2) is 4.79 Å². The number of alkyl carbamates (subject to hydrolysis) is 1. The van der Waals surface area contributed by atoms with Crippen LogP contribution in [0.25, 0.3) is 0 Å². The average Bonchev–Trinajstić information content (AvgIpc) is 3.32. The topological polar surface area (TPSA) is 84.9 Å². The van der Waals surface area contributed by atoms with E-state index in [1.807, 2.05) is 20.8 Å². The van der Waals surface area contributed by atoms with E-state index in [0.29, 0.717) is 18.9 Å². The normalized spacial score (nSPS) is 14.0. The van der Waals surface area contributed by atoms with Crippen LogP contribution < -0.4 is 5.32 Å². The number of carbonyl (C=O) groups excluding carboxylic acids is 2. The van der Waals surface area contributed by atoms with E-state index in [-0.39, 0.29) is 24.7 Å². The van der Waals surface area contributed by atoms with Crippen molar-refractivity contribution in [3.8, 4) is 5.75 Å². The van der Waals surface area contributed by atoms with Crippen molar-refractivity contribution in [2.75, 3.05) is 6.61 Å². The second-order valence-corrected chi connectivity index (χ2v) is 7.43. The van der Waals surface area contributed by atoms with Gasteiger partial charge in [0.25, 0.3) is 0 Å². The fourth-order valence-electron chi connectivity index (χ4n) is 2.35. The Labute approximate surface area is 148 Å². The van der Waals surface area contributed by atoms with E-state index in [9.17, 15) is 14.7 Å². The van der Waals surface area contributed by atoms with Gasteiger partial charge in [0.15, 0.2) is 0 Å². The molecule has 0 atom stereocenters. The summed E-state index contributed by atoms with van der Waals surface area (Å²) in [6, 6.07) is 4.91. The summed E-state index contributed by atoms with van der Waals surface area (Å²) in [6.07, 6.45) is 2.49. The molecule has 1 amide bonds. The number of hydrogen-bond acceptors (Lipinski definition) is 5. The van der Waals surface area contributed by atoms with Crippen LogP contribution in [0.1, 0.15) is 51.2 Å². The van der Waals surface area contributed by atoms with Crippen molar-refractivity contribution in [3.63, 3.8) is 0 Å². The molecule has 0 unspecified atom stereocenters. The van der Waals surface area contributed by atoms with Crippen molar-refractivity contribution in [3.05, 3.63) is 29.3 Å². The van der Waals surface area contributed by atoms with Crippen LogP contribution in [0.3, 0.4) is 0 Å². The molecule has 1 aliphatic carbocycles. The molecule has 0 bridgehead atoms. The third-order valence-corrected chi connectivity index (χ3v) is 3.78. The molecule has 0 aliphatic heterocycles. The standard InChI is InChI=1S/C19H27NO5/c1-19(2,3)25-17(22)9-7-14-6-8-16(21)10-15(14)11-20-18(23)24-12-13-4-5-13/h6,8,10,13,21H,4-5,7,9,11-12H2,1-3H3,(H,20,23). The Morgan fingerprint density at radius 1 is 1.24 bits per heavy atom. The van der Waals surface area contributed by atoms with Gasteiger partial charge in [-0.2, -0.15) is 0 Å². The van der Waals surface area contributed by atoms with Crippen LogP contribution >= 0.6 is 0 Å². The summed E-state index contributed by atoms with van der Waals surface area (Å²) in [4.78, 5) is 23.6. The quantitative estimate of drug-likeness (QED) is 0.738. The van der Waals surface area contributed by atoms with Gasteiger partial charge in [-0.15, -0.1) is 0 Å². The first kappa shape index (κ1) is 19.1. The first-order valence-corrected chi connectivity index (χ1v) is 8.66. The fourth-order valence-corrected chi connectivity index (χ4v) is 2.35. The highest BCUT2D eigenvalue weighted by molar-refractivity contribution is 5.70. The number of phenols is 1. The lowest BCUT2D eigenvalue weighted by atomic mass is 10.0. The summed E-state index contributed by atoms with van der Waals surface area (Å²) in [6.45, 7) is 6.18. The molecule has 2 rings (SSSR count). The lowest BCUT2D eigenvalue weighted by Crippen LogP contribution is -2.25. The van der Waals surface area contributed by atoms with E-state index < -0.39 is 11.7 Å². The number of phenolic OH excluding ortho intramolecular Hbond substituents is 1. The number of rotatable bonds is 7. The van der Waals surface area contributed by atoms with Crippen molar-refractivity contribution in [2.45, 2.75) is 58.6 Å². The minimum absolute atomic E-state index is 0.115. The zero-order valence-corrected chi connectivity index (χ0v) is 15.1. The fraction of sp³-hybridized carbons (Fsp3) is 0.579. The molecule has 1 aromatic carbocycles. The number of carbonyl (C=O) groups is 2. The van der Waals surface area contributed by atoms with Crippen LogP contribution in [0.5, 0.6) is 5.75 Å². The first-order valence-electron chi connectivity index (χ1n) is 8.66. The van der Waals surface area contributed by atoms with Gasteiger partial charge in [-0.3, -0.25) is 4.79 Å². The molecule has 0 saturated heterocycles. The molecule has 1 saturated carbocycles. The molecule has 6 heteroatoms. The van der Waals surface area contributed by atoms with Crippen molar-refractivity contribution in [2.24, 2.45) is 5.92 Å². The molecule has 0 heterocycles. The second kappa shape index (κ2) is 8.23.